The molecule has 80 valence electrons. The van der Waals surface area contributed by atoms with Crippen molar-refractivity contribution in [1.29, 1.82) is 0 Å². The lowest BCUT2D eigenvalue weighted by molar-refractivity contribution is 0.527. The fourth-order valence-corrected chi connectivity index (χ4v) is 1.83. The first-order valence-corrected chi connectivity index (χ1v) is 4.88. The van der Waals surface area contributed by atoms with Crippen molar-refractivity contribution in [2.45, 2.75) is 6.92 Å². The quantitative estimate of drug-likeness (QED) is 0.650. The average Bonchev–Trinajstić information content (AvgIpc) is 2.84. The summed E-state index contributed by atoms with van der Waals surface area (Å²) in [6.07, 6.45) is 1.79. The zero-order valence-corrected chi connectivity index (χ0v) is 8.57. The molecule has 3 aromatic rings. The molecule has 0 saturated carbocycles. The normalized spacial score (nSPS) is 11.1. The molecule has 0 aliphatic heterocycles. The highest BCUT2D eigenvalue weighted by Crippen LogP contribution is 2.27. The Morgan fingerprint density at radius 2 is 2.25 bits per heavy atom. The third-order valence-corrected chi connectivity index (χ3v) is 2.59. The number of nitrogens with zero attached hydrogens (tertiary/aromatic N) is 1. The van der Waals surface area contributed by atoms with Crippen LogP contribution < -0.4 is 5.76 Å². The first kappa shape index (κ1) is 8.96. The van der Waals surface area contributed by atoms with E-state index in [1.165, 1.54) is 0 Å². The Bertz CT molecular complexity index is 705. The van der Waals surface area contributed by atoms with E-state index in [4.69, 9.17) is 4.42 Å². The molecule has 16 heavy (non-hydrogen) atoms. The standard InChI is InChI=1S/C11H9N3O2/c1-6-3-2-4-7-8(5-12-9(6)7)10-13-14-11(15)16-10/h2-5,12H,1H3,(H,14,15). The summed E-state index contributed by atoms with van der Waals surface area (Å²) in [5, 5.41) is 7.06. The van der Waals surface area contributed by atoms with Crippen molar-refractivity contribution in [2.75, 3.05) is 0 Å². The van der Waals surface area contributed by atoms with Crippen molar-refractivity contribution >= 4 is 10.9 Å². The fraction of sp³-hybridized carbons (Fsp3) is 0.0909. The molecule has 0 saturated heterocycles. The number of hydrogen-bond acceptors (Lipinski definition) is 3. The molecule has 0 aliphatic rings. The van der Waals surface area contributed by atoms with Gasteiger partial charge in [0.15, 0.2) is 0 Å². The molecule has 5 nitrogen and oxygen atoms in total. The van der Waals surface area contributed by atoms with Crippen LogP contribution in [0, 0.1) is 6.92 Å². The Balaban J connectivity index is 2.33. The number of benzene rings is 1. The Morgan fingerprint density at radius 3 is 3.00 bits per heavy atom. The summed E-state index contributed by atoms with van der Waals surface area (Å²) in [6.45, 7) is 2.02. The van der Waals surface area contributed by atoms with Gasteiger partial charge in [0.1, 0.15) is 0 Å². The van der Waals surface area contributed by atoms with E-state index < -0.39 is 5.76 Å². The molecule has 0 atom stereocenters. The van der Waals surface area contributed by atoms with Gasteiger partial charge >= 0.3 is 5.76 Å². The van der Waals surface area contributed by atoms with E-state index >= 15 is 0 Å². The van der Waals surface area contributed by atoms with Gasteiger partial charge in [-0.05, 0) is 12.5 Å². The summed E-state index contributed by atoms with van der Waals surface area (Å²) in [4.78, 5) is 14.0. The maximum Gasteiger partial charge on any atom is 0.434 e. The fourth-order valence-electron chi connectivity index (χ4n) is 1.83. The smallest absolute Gasteiger partial charge is 0.388 e. The van der Waals surface area contributed by atoms with Crippen molar-refractivity contribution in [3.8, 4) is 11.5 Å². The van der Waals surface area contributed by atoms with E-state index in [1.807, 2.05) is 25.1 Å². The number of aromatic amines is 2. The number of para-hydroxylation sites is 1. The molecule has 0 amide bonds. The lowest BCUT2D eigenvalue weighted by Crippen LogP contribution is -1.93. The monoisotopic (exact) mass is 215 g/mol. The second-order valence-electron chi connectivity index (χ2n) is 3.62. The molecule has 2 aromatic heterocycles. The minimum atomic E-state index is -0.544. The molecule has 0 unspecified atom stereocenters. The first-order valence-electron chi connectivity index (χ1n) is 4.88. The summed E-state index contributed by atoms with van der Waals surface area (Å²) in [6, 6.07) is 5.94. The van der Waals surface area contributed by atoms with Gasteiger partial charge in [0.25, 0.3) is 5.89 Å². The van der Waals surface area contributed by atoms with Crippen LogP contribution in [0.3, 0.4) is 0 Å². The Kier molecular flexibility index (Phi) is 1.73. The molecule has 0 bridgehead atoms. The average molecular weight is 215 g/mol. The number of aryl methyl sites for hydroxylation is 1. The molecular formula is C11H9N3O2. The highest BCUT2D eigenvalue weighted by atomic mass is 16.4. The predicted molar refractivity (Wildman–Crippen MR) is 59.2 cm³/mol. The van der Waals surface area contributed by atoms with Crippen LogP contribution in [-0.4, -0.2) is 15.2 Å². The number of hydrogen-bond donors (Lipinski definition) is 2. The van der Waals surface area contributed by atoms with Crippen LogP contribution in [0.4, 0.5) is 0 Å². The summed E-state index contributed by atoms with van der Waals surface area (Å²) < 4.78 is 4.93. The van der Waals surface area contributed by atoms with E-state index in [9.17, 15) is 4.79 Å². The van der Waals surface area contributed by atoms with Crippen LogP contribution in [-0.2, 0) is 0 Å². The van der Waals surface area contributed by atoms with E-state index in [0.29, 0.717) is 5.89 Å². The van der Waals surface area contributed by atoms with Gasteiger partial charge in [0.2, 0.25) is 0 Å². The molecular weight excluding hydrogens is 206 g/mol. The molecule has 2 heterocycles. The van der Waals surface area contributed by atoms with E-state index in [-0.39, 0.29) is 0 Å². The SMILES string of the molecule is Cc1cccc2c(-c3n[nH]c(=O)o3)c[nH]c12. The maximum absolute atomic E-state index is 10.9. The van der Waals surface area contributed by atoms with Crippen molar-refractivity contribution in [3.63, 3.8) is 0 Å². The Morgan fingerprint density at radius 1 is 1.38 bits per heavy atom. The molecule has 0 radical (unpaired) electrons. The van der Waals surface area contributed by atoms with Gasteiger partial charge in [-0.25, -0.2) is 9.89 Å². The lowest BCUT2D eigenvalue weighted by Gasteiger charge is -1.95. The second-order valence-corrected chi connectivity index (χ2v) is 3.62. The lowest BCUT2D eigenvalue weighted by atomic mass is 10.1. The predicted octanol–water partition coefficient (Wildman–Crippen LogP) is 1.82. The minimum Gasteiger partial charge on any atom is -0.388 e. The zero-order valence-electron chi connectivity index (χ0n) is 8.57. The molecule has 5 heteroatoms. The highest BCUT2D eigenvalue weighted by molar-refractivity contribution is 5.94. The zero-order chi connectivity index (χ0) is 11.1. The summed E-state index contributed by atoms with van der Waals surface area (Å²) in [5.41, 5.74) is 2.96. The summed E-state index contributed by atoms with van der Waals surface area (Å²) in [5.74, 6) is -0.237. The van der Waals surface area contributed by atoms with Gasteiger partial charge in [-0.3, -0.25) is 0 Å². The molecule has 2 N–H and O–H groups in total. The van der Waals surface area contributed by atoms with Gasteiger partial charge in [0.05, 0.1) is 5.56 Å². The molecule has 3 rings (SSSR count). The summed E-state index contributed by atoms with van der Waals surface area (Å²) >= 11 is 0. The second kappa shape index (κ2) is 3.10. The number of rotatable bonds is 1. The number of H-pyrrole nitrogens is 2. The van der Waals surface area contributed by atoms with Crippen LogP contribution in [0.2, 0.25) is 0 Å². The molecule has 0 fully saturated rings. The van der Waals surface area contributed by atoms with Crippen LogP contribution in [0.1, 0.15) is 5.56 Å². The Hall–Kier alpha value is -2.30. The van der Waals surface area contributed by atoms with Crippen LogP contribution in [0.25, 0.3) is 22.4 Å². The van der Waals surface area contributed by atoms with Gasteiger partial charge in [-0.2, -0.15) is 0 Å². The number of nitrogens with one attached hydrogen (secondary N) is 2. The van der Waals surface area contributed by atoms with Crippen molar-refractivity contribution in [2.24, 2.45) is 0 Å². The van der Waals surface area contributed by atoms with Crippen LogP contribution in [0.15, 0.2) is 33.6 Å². The van der Waals surface area contributed by atoms with Crippen molar-refractivity contribution in [3.05, 3.63) is 40.5 Å². The first-order chi connectivity index (χ1) is 7.75. The van der Waals surface area contributed by atoms with Gasteiger partial charge in [0, 0.05) is 17.1 Å². The number of aromatic nitrogens is 3. The van der Waals surface area contributed by atoms with E-state index in [0.717, 1.165) is 22.0 Å². The Labute approximate surface area is 90.1 Å². The van der Waals surface area contributed by atoms with E-state index in [1.54, 1.807) is 6.20 Å². The molecule has 0 spiro atoms. The van der Waals surface area contributed by atoms with Crippen LogP contribution in [0.5, 0.6) is 0 Å². The van der Waals surface area contributed by atoms with Gasteiger partial charge in [-0.1, -0.05) is 18.2 Å². The molecule has 1 aromatic carbocycles. The molecule has 0 aliphatic carbocycles. The third kappa shape index (κ3) is 1.18. The van der Waals surface area contributed by atoms with Crippen molar-refractivity contribution < 1.29 is 4.42 Å². The largest absolute Gasteiger partial charge is 0.434 e. The number of fused-ring (bicyclic) bond motifs is 1. The van der Waals surface area contributed by atoms with Gasteiger partial charge in [-0.15, -0.1) is 5.10 Å². The van der Waals surface area contributed by atoms with Crippen LogP contribution >= 0.6 is 0 Å². The topological polar surface area (TPSA) is 74.7 Å². The van der Waals surface area contributed by atoms with Gasteiger partial charge < -0.3 is 9.40 Å². The maximum atomic E-state index is 10.9. The third-order valence-electron chi connectivity index (χ3n) is 2.59. The van der Waals surface area contributed by atoms with Crippen molar-refractivity contribution in [1.82, 2.24) is 15.2 Å². The van der Waals surface area contributed by atoms with E-state index in [2.05, 4.69) is 15.2 Å². The minimum absolute atomic E-state index is 0.307. The highest BCUT2D eigenvalue weighted by Gasteiger charge is 2.11. The summed E-state index contributed by atoms with van der Waals surface area (Å²) in [7, 11) is 0.